The van der Waals surface area contributed by atoms with Crippen molar-refractivity contribution in [2.45, 2.75) is 31.9 Å². The minimum atomic E-state index is -1.34. The number of hydrogen-bond acceptors (Lipinski definition) is 4. The summed E-state index contributed by atoms with van der Waals surface area (Å²) in [5.41, 5.74) is 4.31. The number of amides is 3. The van der Waals surface area contributed by atoms with E-state index in [1.807, 2.05) is 0 Å². The van der Waals surface area contributed by atoms with Crippen LogP contribution >= 0.6 is 0 Å². The number of rotatable bonds is 7. The Morgan fingerprint density at radius 3 is 2.33 bits per heavy atom. The molecule has 0 aliphatic carbocycles. The van der Waals surface area contributed by atoms with Crippen LogP contribution in [0.25, 0.3) is 0 Å². The minimum Gasteiger partial charge on any atom is -0.480 e. The number of nitrogens with one attached hydrogen (secondary N) is 2. The number of carbonyl (C=O) groups is 3. The molecule has 0 heterocycles. The van der Waals surface area contributed by atoms with Crippen molar-refractivity contribution in [1.82, 2.24) is 10.6 Å². The van der Waals surface area contributed by atoms with Crippen LogP contribution in [0.15, 0.2) is 0 Å². The second kappa shape index (κ2) is 6.80. The van der Waals surface area contributed by atoms with Crippen LogP contribution in [-0.4, -0.2) is 48.3 Å². The quantitative estimate of drug-likeness (QED) is 0.468. The molecule has 0 aromatic heterocycles. The molecular weight excluding hydrogens is 242 g/mol. The lowest BCUT2D eigenvalue weighted by Gasteiger charge is -2.23. The second-order valence-corrected chi connectivity index (χ2v) is 4.35. The lowest BCUT2D eigenvalue weighted by Crippen LogP contribution is -2.50. The van der Waals surface area contributed by atoms with Crippen LogP contribution in [0.1, 0.15) is 20.3 Å². The van der Waals surface area contributed by atoms with E-state index in [9.17, 15) is 14.4 Å². The molecule has 0 aromatic carbocycles. The summed E-state index contributed by atoms with van der Waals surface area (Å²) in [4.78, 5) is 32.8. The summed E-state index contributed by atoms with van der Waals surface area (Å²) in [5, 5.41) is 13.4. The summed E-state index contributed by atoms with van der Waals surface area (Å²) in [6, 6.07) is -2.04. The normalized spacial score (nSPS) is 12.6. The highest BCUT2D eigenvalue weighted by atomic mass is 16.5. The Morgan fingerprint density at radius 1 is 1.39 bits per heavy atom. The van der Waals surface area contributed by atoms with Gasteiger partial charge in [-0.1, -0.05) is 0 Å². The predicted molar refractivity (Wildman–Crippen MR) is 62.9 cm³/mol. The molecule has 18 heavy (non-hydrogen) atoms. The van der Waals surface area contributed by atoms with Gasteiger partial charge in [0.25, 0.3) is 0 Å². The highest BCUT2D eigenvalue weighted by Gasteiger charge is 2.23. The Hall–Kier alpha value is -1.83. The van der Waals surface area contributed by atoms with Crippen LogP contribution < -0.4 is 16.4 Å². The Labute approximate surface area is 105 Å². The van der Waals surface area contributed by atoms with Gasteiger partial charge in [0, 0.05) is 13.7 Å². The number of hydrogen-bond donors (Lipinski definition) is 4. The summed E-state index contributed by atoms with van der Waals surface area (Å²) in [5.74, 6) is -2.13. The van der Waals surface area contributed by atoms with Gasteiger partial charge in [0.2, 0.25) is 5.91 Å². The second-order valence-electron chi connectivity index (χ2n) is 4.35. The summed E-state index contributed by atoms with van der Waals surface area (Å²) >= 11 is 0. The average molecular weight is 261 g/mol. The molecule has 0 bridgehead atoms. The van der Waals surface area contributed by atoms with Crippen molar-refractivity contribution in [3.63, 3.8) is 0 Å². The molecule has 0 saturated carbocycles. The van der Waals surface area contributed by atoms with Crippen LogP contribution in [0.5, 0.6) is 0 Å². The van der Waals surface area contributed by atoms with Crippen LogP contribution in [-0.2, 0) is 14.3 Å². The van der Waals surface area contributed by atoms with Crippen LogP contribution in [0.4, 0.5) is 4.79 Å². The fourth-order valence-corrected chi connectivity index (χ4v) is 0.976. The van der Waals surface area contributed by atoms with Crippen LogP contribution in [0.3, 0.4) is 0 Å². The summed E-state index contributed by atoms with van der Waals surface area (Å²) in [6.45, 7) is 3.70. The lowest BCUT2D eigenvalue weighted by molar-refractivity contribution is -0.140. The highest BCUT2D eigenvalue weighted by Crippen LogP contribution is 2.04. The number of methoxy groups -OCH3 is 1. The Kier molecular flexibility index (Phi) is 6.11. The van der Waals surface area contributed by atoms with Crippen molar-refractivity contribution < 1.29 is 24.2 Å². The SMILES string of the molecule is COC(C)(C)CNC(=O)N[C@@H](CC(N)=O)C(=O)O. The van der Waals surface area contributed by atoms with Gasteiger partial charge in [-0.3, -0.25) is 4.79 Å². The van der Waals surface area contributed by atoms with E-state index in [0.29, 0.717) is 0 Å². The Morgan fingerprint density at radius 2 is 1.94 bits per heavy atom. The smallest absolute Gasteiger partial charge is 0.326 e. The maximum absolute atomic E-state index is 11.4. The first kappa shape index (κ1) is 16.2. The monoisotopic (exact) mass is 261 g/mol. The fourth-order valence-electron chi connectivity index (χ4n) is 0.976. The van der Waals surface area contributed by atoms with Gasteiger partial charge < -0.3 is 26.2 Å². The number of carboxylic acid groups (broad SMARTS) is 1. The third-order valence-corrected chi connectivity index (χ3v) is 2.24. The molecule has 1 atom stereocenters. The highest BCUT2D eigenvalue weighted by molar-refractivity contribution is 5.87. The van der Waals surface area contributed by atoms with Crippen molar-refractivity contribution >= 4 is 17.9 Å². The van der Waals surface area contributed by atoms with Gasteiger partial charge >= 0.3 is 12.0 Å². The Bertz CT molecular complexity index is 329. The van der Waals surface area contributed by atoms with Crippen LogP contribution in [0, 0.1) is 0 Å². The molecule has 0 fully saturated rings. The minimum absolute atomic E-state index is 0.193. The van der Waals surface area contributed by atoms with Gasteiger partial charge in [-0.2, -0.15) is 0 Å². The molecule has 0 aliphatic heterocycles. The fraction of sp³-hybridized carbons (Fsp3) is 0.700. The zero-order valence-corrected chi connectivity index (χ0v) is 10.6. The van der Waals surface area contributed by atoms with Crippen molar-refractivity contribution in [2.75, 3.05) is 13.7 Å². The standard InChI is InChI=1S/C10H19N3O5/c1-10(2,18-3)5-12-9(17)13-6(8(15)16)4-7(11)14/h6H,4-5H2,1-3H3,(H2,11,14)(H,15,16)(H2,12,13,17)/t6-/m0/s1. The van der Waals surface area contributed by atoms with Crippen molar-refractivity contribution in [1.29, 1.82) is 0 Å². The van der Waals surface area contributed by atoms with Gasteiger partial charge in [0.05, 0.1) is 12.0 Å². The van der Waals surface area contributed by atoms with E-state index in [2.05, 4.69) is 10.6 Å². The number of primary amides is 1. The van der Waals surface area contributed by atoms with E-state index in [1.165, 1.54) is 7.11 Å². The van der Waals surface area contributed by atoms with E-state index in [-0.39, 0.29) is 6.54 Å². The summed E-state index contributed by atoms with van der Waals surface area (Å²) in [7, 11) is 1.49. The molecule has 0 aliphatic rings. The van der Waals surface area contributed by atoms with Crippen LogP contribution in [0.2, 0.25) is 0 Å². The summed E-state index contributed by atoms with van der Waals surface area (Å²) < 4.78 is 5.07. The van der Waals surface area contributed by atoms with E-state index >= 15 is 0 Å². The number of nitrogens with two attached hydrogens (primary N) is 1. The molecular formula is C10H19N3O5. The van der Waals surface area contributed by atoms with E-state index in [4.69, 9.17) is 15.6 Å². The molecule has 0 saturated heterocycles. The molecule has 8 nitrogen and oxygen atoms in total. The maximum atomic E-state index is 11.4. The third-order valence-electron chi connectivity index (χ3n) is 2.24. The first-order chi connectivity index (χ1) is 8.18. The van der Waals surface area contributed by atoms with Gasteiger partial charge in [-0.25, -0.2) is 9.59 Å². The Balaban J connectivity index is 4.27. The van der Waals surface area contributed by atoms with Crippen molar-refractivity contribution in [3.05, 3.63) is 0 Å². The van der Waals surface area contributed by atoms with Gasteiger partial charge in [0.15, 0.2) is 0 Å². The molecule has 0 radical (unpaired) electrons. The molecule has 5 N–H and O–H groups in total. The summed E-state index contributed by atoms with van der Waals surface area (Å²) in [6.07, 6.45) is -0.462. The third kappa shape index (κ3) is 6.69. The van der Waals surface area contributed by atoms with E-state index < -0.39 is 36.0 Å². The maximum Gasteiger partial charge on any atom is 0.326 e. The van der Waals surface area contributed by atoms with E-state index in [0.717, 1.165) is 0 Å². The number of urea groups is 1. The first-order valence-corrected chi connectivity index (χ1v) is 5.28. The zero-order chi connectivity index (χ0) is 14.3. The molecule has 104 valence electrons. The lowest BCUT2D eigenvalue weighted by atomic mass is 10.1. The predicted octanol–water partition coefficient (Wildman–Crippen LogP) is -0.961. The van der Waals surface area contributed by atoms with E-state index in [1.54, 1.807) is 13.8 Å². The molecule has 0 spiro atoms. The molecule has 3 amide bonds. The molecule has 0 rings (SSSR count). The number of aliphatic carboxylic acids is 1. The number of ether oxygens (including phenoxy) is 1. The zero-order valence-electron chi connectivity index (χ0n) is 10.6. The topological polar surface area (TPSA) is 131 Å². The average Bonchev–Trinajstić information content (AvgIpc) is 2.25. The first-order valence-electron chi connectivity index (χ1n) is 5.28. The molecule has 8 heteroatoms. The molecule has 0 unspecified atom stereocenters. The number of carboxylic acids is 1. The van der Waals surface area contributed by atoms with Gasteiger partial charge in [-0.05, 0) is 13.8 Å². The van der Waals surface area contributed by atoms with Crippen molar-refractivity contribution in [2.24, 2.45) is 5.73 Å². The van der Waals surface area contributed by atoms with Gasteiger partial charge in [-0.15, -0.1) is 0 Å². The molecule has 0 aromatic rings. The largest absolute Gasteiger partial charge is 0.480 e. The number of carbonyl (C=O) groups excluding carboxylic acids is 2. The van der Waals surface area contributed by atoms with Crippen molar-refractivity contribution in [3.8, 4) is 0 Å². The van der Waals surface area contributed by atoms with Gasteiger partial charge in [0.1, 0.15) is 6.04 Å².